The topological polar surface area (TPSA) is 139 Å². The number of aromatic amines is 1. The van der Waals surface area contributed by atoms with E-state index in [0.29, 0.717) is 41.0 Å². The van der Waals surface area contributed by atoms with Gasteiger partial charge in [0.1, 0.15) is 5.56 Å². The molecule has 0 fully saturated rings. The van der Waals surface area contributed by atoms with E-state index in [4.69, 9.17) is 10.5 Å². The minimum Gasteiger partial charge on any atom is -0.481 e. The zero-order chi connectivity index (χ0) is 24.9. The molecule has 4 rings (SSSR count). The monoisotopic (exact) mass is 491 g/mol. The van der Waals surface area contributed by atoms with Crippen LogP contribution in [-0.2, 0) is 0 Å². The van der Waals surface area contributed by atoms with Gasteiger partial charge in [-0.3, -0.25) is 14.4 Å². The van der Waals surface area contributed by atoms with Gasteiger partial charge in [0.15, 0.2) is 0 Å². The molecular formula is C25H25N5O4S. The van der Waals surface area contributed by atoms with Crippen LogP contribution in [0.1, 0.15) is 44.3 Å². The predicted octanol–water partition coefficient (Wildman–Crippen LogP) is 3.37. The molecule has 10 heteroatoms. The van der Waals surface area contributed by atoms with E-state index in [-0.39, 0.29) is 17.5 Å². The van der Waals surface area contributed by atoms with Crippen LogP contribution in [0, 0.1) is 6.92 Å². The number of aromatic nitrogens is 2. The molecule has 35 heavy (non-hydrogen) atoms. The molecule has 0 saturated carbocycles. The van der Waals surface area contributed by atoms with Crippen molar-refractivity contribution in [3.63, 3.8) is 0 Å². The van der Waals surface area contributed by atoms with Crippen molar-refractivity contribution in [2.75, 3.05) is 19.0 Å². The van der Waals surface area contributed by atoms with Crippen LogP contribution in [0.25, 0.3) is 10.9 Å². The highest BCUT2D eigenvalue weighted by molar-refractivity contribution is 7.08. The van der Waals surface area contributed by atoms with Crippen molar-refractivity contribution >= 4 is 39.7 Å². The van der Waals surface area contributed by atoms with Gasteiger partial charge in [0.05, 0.1) is 18.7 Å². The number of nitrogens with two attached hydrogens (primary N) is 1. The number of nitrogens with zero attached hydrogens (tertiary/aromatic N) is 1. The van der Waals surface area contributed by atoms with E-state index >= 15 is 0 Å². The summed E-state index contributed by atoms with van der Waals surface area (Å²) >= 11 is 1.55. The highest BCUT2D eigenvalue weighted by Gasteiger charge is 2.18. The molecule has 0 aliphatic carbocycles. The molecule has 4 aromatic rings. The van der Waals surface area contributed by atoms with Gasteiger partial charge in [0, 0.05) is 28.9 Å². The lowest BCUT2D eigenvalue weighted by Crippen LogP contribution is -2.30. The first-order chi connectivity index (χ1) is 16.9. The number of H-pyrrole nitrogens is 1. The number of pyridine rings is 2. The lowest BCUT2D eigenvalue weighted by Gasteiger charge is -2.18. The third kappa shape index (κ3) is 5.39. The van der Waals surface area contributed by atoms with Crippen molar-refractivity contribution in [2.24, 2.45) is 5.73 Å². The Labute approximate surface area is 205 Å². The van der Waals surface area contributed by atoms with E-state index < -0.39 is 11.5 Å². The van der Waals surface area contributed by atoms with Crippen LogP contribution in [0.15, 0.2) is 58.1 Å². The smallest absolute Gasteiger partial charge is 0.261 e. The quantitative estimate of drug-likeness (QED) is 0.298. The number of fused-ring (bicyclic) bond motifs is 1. The number of benzene rings is 1. The Morgan fingerprint density at radius 3 is 2.74 bits per heavy atom. The molecule has 5 N–H and O–H groups in total. The maximum Gasteiger partial charge on any atom is 0.261 e. The van der Waals surface area contributed by atoms with Crippen LogP contribution in [0.3, 0.4) is 0 Å². The third-order valence-electron chi connectivity index (χ3n) is 5.61. The molecule has 0 aliphatic heterocycles. The van der Waals surface area contributed by atoms with Gasteiger partial charge in [-0.1, -0.05) is 6.07 Å². The number of carbonyl (C=O) groups excluding carboxylic acids is 2. The fraction of sp³-hybridized carbons (Fsp3) is 0.200. The van der Waals surface area contributed by atoms with Crippen LogP contribution < -0.4 is 26.7 Å². The number of ether oxygens (including phenoxy) is 1. The lowest BCUT2D eigenvalue weighted by molar-refractivity contribution is 0.0934. The Bertz CT molecular complexity index is 1430. The summed E-state index contributed by atoms with van der Waals surface area (Å²) in [4.78, 5) is 45.3. The third-order valence-corrected chi connectivity index (χ3v) is 6.31. The average molecular weight is 492 g/mol. The normalized spacial score (nSPS) is 11.7. The second-order valence-electron chi connectivity index (χ2n) is 7.97. The molecule has 0 radical (unpaired) electrons. The maximum absolute atomic E-state index is 13.0. The number of nitrogens with one attached hydrogen (secondary N) is 3. The number of carbonyl (C=O) groups is 2. The molecule has 1 atom stereocenters. The molecular weight excluding hydrogens is 466 g/mol. The fourth-order valence-corrected chi connectivity index (χ4v) is 4.37. The summed E-state index contributed by atoms with van der Waals surface area (Å²) in [5.41, 5.74) is 8.18. The second kappa shape index (κ2) is 10.5. The zero-order valence-corrected chi connectivity index (χ0v) is 20.1. The molecule has 180 valence electrons. The van der Waals surface area contributed by atoms with Gasteiger partial charge < -0.3 is 26.1 Å². The first-order valence-corrected chi connectivity index (χ1v) is 11.9. The van der Waals surface area contributed by atoms with Gasteiger partial charge in [0.2, 0.25) is 5.88 Å². The van der Waals surface area contributed by atoms with E-state index in [1.807, 2.05) is 16.8 Å². The van der Waals surface area contributed by atoms with Crippen LogP contribution in [0.4, 0.5) is 5.69 Å². The van der Waals surface area contributed by atoms with Crippen molar-refractivity contribution < 1.29 is 14.3 Å². The lowest BCUT2D eigenvalue weighted by atomic mass is 10.1. The number of aryl methyl sites for hydroxylation is 1. The van der Waals surface area contributed by atoms with Crippen LogP contribution >= 0.6 is 11.3 Å². The van der Waals surface area contributed by atoms with E-state index in [1.165, 1.54) is 19.4 Å². The van der Waals surface area contributed by atoms with Crippen molar-refractivity contribution in [1.29, 1.82) is 0 Å². The van der Waals surface area contributed by atoms with Crippen molar-refractivity contribution in [3.05, 3.63) is 86.0 Å². The molecule has 0 saturated heterocycles. The number of rotatable bonds is 8. The molecule has 9 nitrogen and oxygen atoms in total. The van der Waals surface area contributed by atoms with Crippen LogP contribution in [0.2, 0.25) is 0 Å². The molecule has 3 heterocycles. The van der Waals surface area contributed by atoms with Crippen LogP contribution in [-0.4, -0.2) is 35.4 Å². The number of methoxy groups -OCH3 is 1. The Balaban J connectivity index is 1.56. The number of hydrogen-bond donors (Lipinski definition) is 4. The van der Waals surface area contributed by atoms with Gasteiger partial charge in [0.25, 0.3) is 17.4 Å². The second-order valence-corrected chi connectivity index (χ2v) is 8.75. The molecule has 1 aromatic carbocycles. The minimum atomic E-state index is -0.594. The van der Waals surface area contributed by atoms with Crippen molar-refractivity contribution in [1.82, 2.24) is 15.3 Å². The average Bonchev–Trinajstić information content (AvgIpc) is 3.39. The van der Waals surface area contributed by atoms with E-state index in [0.717, 1.165) is 11.1 Å². The molecule has 1 unspecified atom stereocenters. The number of hydrogen-bond acceptors (Lipinski definition) is 7. The number of anilines is 1. The number of thiophene rings is 1. The zero-order valence-electron chi connectivity index (χ0n) is 19.3. The van der Waals surface area contributed by atoms with Gasteiger partial charge in [-0.05, 0) is 66.0 Å². The standard InChI is InChI=1S/C25H25N5O4S/c1-14-3-4-15(23(31)28-19(5-7-26)16-6-8-35-13-16)10-20(14)29-24(32)18-9-17-12-27-22(34-2)11-21(17)30-25(18)33/h3-4,6,8-13,19H,5,7,26H2,1-2H3,(H,28,31)(H,29,32)(H,30,33). The summed E-state index contributed by atoms with van der Waals surface area (Å²) in [6.45, 7) is 2.24. The van der Waals surface area contributed by atoms with Gasteiger partial charge in [-0.25, -0.2) is 4.98 Å². The largest absolute Gasteiger partial charge is 0.481 e. The summed E-state index contributed by atoms with van der Waals surface area (Å²) in [5.74, 6) is -0.526. The van der Waals surface area contributed by atoms with Crippen LogP contribution in [0.5, 0.6) is 5.88 Å². The van der Waals surface area contributed by atoms with Gasteiger partial charge >= 0.3 is 0 Å². The van der Waals surface area contributed by atoms with E-state index in [1.54, 1.807) is 42.5 Å². The highest BCUT2D eigenvalue weighted by atomic mass is 32.1. The minimum absolute atomic E-state index is 0.0702. The Kier molecular flexibility index (Phi) is 7.23. The molecule has 0 aliphatic rings. The Morgan fingerprint density at radius 2 is 2.03 bits per heavy atom. The van der Waals surface area contributed by atoms with Crippen molar-refractivity contribution in [2.45, 2.75) is 19.4 Å². The SMILES string of the molecule is COc1cc2[nH]c(=O)c(C(=O)Nc3cc(C(=O)NC(CCN)c4ccsc4)ccc3C)cc2cn1. The fourth-order valence-electron chi connectivity index (χ4n) is 3.65. The van der Waals surface area contributed by atoms with E-state index in [9.17, 15) is 14.4 Å². The van der Waals surface area contributed by atoms with Gasteiger partial charge in [-0.15, -0.1) is 0 Å². The Hall–Kier alpha value is -4.02. The summed E-state index contributed by atoms with van der Waals surface area (Å²) in [6, 6.07) is 9.83. The molecule has 0 spiro atoms. The summed E-state index contributed by atoms with van der Waals surface area (Å²) in [6.07, 6.45) is 2.12. The van der Waals surface area contributed by atoms with Gasteiger partial charge in [-0.2, -0.15) is 11.3 Å². The molecule has 2 amide bonds. The maximum atomic E-state index is 13.0. The number of amides is 2. The summed E-state index contributed by atoms with van der Waals surface area (Å²) < 4.78 is 5.07. The summed E-state index contributed by atoms with van der Waals surface area (Å²) in [7, 11) is 1.48. The first-order valence-electron chi connectivity index (χ1n) is 10.9. The predicted molar refractivity (Wildman–Crippen MR) is 136 cm³/mol. The molecule has 3 aromatic heterocycles. The van der Waals surface area contributed by atoms with E-state index in [2.05, 4.69) is 20.6 Å². The highest BCUT2D eigenvalue weighted by Crippen LogP contribution is 2.22. The molecule has 0 bridgehead atoms. The first kappa shape index (κ1) is 24.1. The Morgan fingerprint density at radius 1 is 1.20 bits per heavy atom. The van der Waals surface area contributed by atoms with Crippen molar-refractivity contribution in [3.8, 4) is 5.88 Å². The summed E-state index contributed by atoms with van der Waals surface area (Å²) in [5, 5.41) is 10.3.